The van der Waals surface area contributed by atoms with Crippen LogP contribution in [0, 0.1) is 13.8 Å². The van der Waals surface area contributed by atoms with E-state index >= 15 is 0 Å². The van der Waals surface area contributed by atoms with Crippen molar-refractivity contribution in [2.75, 3.05) is 26.3 Å². The van der Waals surface area contributed by atoms with Crippen LogP contribution in [0.2, 0.25) is 0 Å². The number of carbonyl (C=O) groups is 1. The van der Waals surface area contributed by atoms with E-state index in [2.05, 4.69) is 4.90 Å². The van der Waals surface area contributed by atoms with Gasteiger partial charge in [-0.3, -0.25) is 19.1 Å². The van der Waals surface area contributed by atoms with Crippen molar-refractivity contribution in [3.8, 4) is 5.75 Å². The molecule has 0 saturated carbocycles. The summed E-state index contributed by atoms with van der Waals surface area (Å²) in [4.78, 5) is 34.7. The van der Waals surface area contributed by atoms with Crippen LogP contribution in [0.3, 0.4) is 0 Å². The number of hydrogen-bond acceptors (Lipinski definition) is 7. The molecule has 31 heavy (non-hydrogen) atoms. The minimum Gasteiger partial charge on any atom is -0.490 e. The standard InChI is InChI=1S/C23H27N3O4S/c1-16-17(2)31-22-21(16)23(28)26(19(24-22)14-25-10-6-7-11-25)15-20(27)30-13-12-29-18-8-4-3-5-9-18/h3-5,8-9H,6-7,10-15H2,1-2H3. The second kappa shape index (κ2) is 9.62. The smallest absolute Gasteiger partial charge is 0.326 e. The first-order valence-electron chi connectivity index (χ1n) is 10.6. The predicted molar refractivity (Wildman–Crippen MR) is 121 cm³/mol. The van der Waals surface area contributed by atoms with E-state index in [1.807, 2.05) is 44.2 Å². The molecule has 0 spiro atoms. The van der Waals surface area contributed by atoms with Crippen molar-refractivity contribution in [3.63, 3.8) is 0 Å². The number of ether oxygens (including phenoxy) is 2. The fraction of sp³-hybridized carbons (Fsp3) is 0.435. The van der Waals surface area contributed by atoms with Gasteiger partial charge < -0.3 is 9.47 Å². The average Bonchev–Trinajstić information content (AvgIpc) is 3.37. The maximum absolute atomic E-state index is 13.3. The third-order valence-corrected chi connectivity index (χ3v) is 6.68. The Morgan fingerprint density at radius 1 is 1.13 bits per heavy atom. The molecule has 0 radical (unpaired) electrons. The molecule has 0 aliphatic carbocycles. The van der Waals surface area contributed by atoms with Crippen LogP contribution in [-0.4, -0.2) is 46.7 Å². The van der Waals surface area contributed by atoms with E-state index in [1.54, 1.807) is 0 Å². The van der Waals surface area contributed by atoms with Gasteiger partial charge in [-0.25, -0.2) is 4.98 Å². The van der Waals surface area contributed by atoms with Gasteiger partial charge >= 0.3 is 5.97 Å². The number of fused-ring (bicyclic) bond motifs is 1. The lowest BCUT2D eigenvalue weighted by molar-refractivity contribution is -0.145. The van der Waals surface area contributed by atoms with Gasteiger partial charge in [0.1, 0.15) is 36.2 Å². The summed E-state index contributed by atoms with van der Waals surface area (Å²) >= 11 is 1.53. The Balaban J connectivity index is 1.49. The highest BCUT2D eigenvalue weighted by Gasteiger charge is 2.21. The zero-order valence-electron chi connectivity index (χ0n) is 17.9. The lowest BCUT2D eigenvalue weighted by Gasteiger charge is -2.18. The zero-order chi connectivity index (χ0) is 21.8. The lowest BCUT2D eigenvalue weighted by atomic mass is 10.2. The lowest BCUT2D eigenvalue weighted by Crippen LogP contribution is -2.33. The Labute approximate surface area is 185 Å². The topological polar surface area (TPSA) is 73.7 Å². The summed E-state index contributed by atoms with van der Waals surface area (Å²) in [6.07, 6.45) is 2.29. The van der Waals surface area contributed by atoms with Crippen molar-refractivity contribution >= 4 is 27.5 Å². The summed E-state index contributed by atoms with van der Waals surface area (Å²) < 4.78 is 12.4. The number of para-hydroxylation sites is 1. The van der Waals surface area contributed by atoms with Crippen molar-refractivity contribution in [2.45, 2.75) is 39.8 Å². The molecule has 0 amide bonds. The predicted octanol–water partition coefficient (Wildman–Crippen LogP) is 3.29. The van der Waals surface area contributed by atoms with Gasteiger partial charge in [-0.05, 0) is 57.5 Å². The number of rotatable bonds is 8. The molecule has 3 heterocycles. The van der Waals surface area contributed by atoms with Gasteiger partial charge in [-0.2, -0.15) is 0 Å². The number of likely N-dealkylation sites (tertiary alicyclic amines) is 1. The number of benzene rings is 1. The van der Waals surface area contributed by atoms with Crippen molar-refractivity contribution in [1.82, 2.24) is 14.5 Å². The normalized spacial score (nSPS) is 14.3. The molecule has 1 aliphatic rings. The minimum atomic E-state index is -0.466. The molecule has 4 rings (SSSR count). The summed E-state index contributed by atoms with van der Waals surface area (Å²) in [6, 6.07) is 9.36. The van der Waals surface area contributed by atoms with Gasteiger partial charge in [0, 0.05) is 4.88 Å². The molecule has 8 heteroatoms. The van der Waals surface area contributed by atoms with Crippen molar-refractivity contribution in [2.24, 2.45) is 0 Å². The molecule has 1 saturated heterocycles. The van der Waals surface area contributed by atoms with Crippen LogP contribution >= 0.6 is 11.3 Å². The molecule has 0 unspecified atom stereocenters. The average molecular weight is 442 g/mol. The fourth-order valence-electron chi connectivity index (χ4n) is 3.80. The Morgan fingerprint density at radius 3 is 2.61 bits per heavy atom. The first-order chi connectivity index (χ1) is 15.0. The molecule has 164 valence electrons. The molecule has 1 fully saturated rings. The monoisotopic (exact) mass is 441 g/mol. The summed E-state index contributed by atoms with van der Waals surface area (Å²) in [7, 11) is 0. The van der Waals surface area contributed by atoms with Gasteiger partial charge in [-0.15, -0.1) is 11.3 Å². The number of nitrogens with zero attached hydrogens (tertiary/aromatic N) is 3. The van der Waals surface area contributed by atoms with E-state index < -0.39 is 5.97 Å². The first-order valence-corrected chi connectivity index (χ1v) is 11.4. The number of aromatic nitrogens is 2. The van der Waals surface area contributed by atoms with E-state index in [0.29, 0.717) is 17.8 Å². The fourth-order valence-corrected chi connectivity index (χ4v) is 4.84. The molecule has 2 aromatic heterocycles. The van der Waals surface area contributed by atoms with Crippen LogP contribution in [0.4, 0.5) is 0 Å². The quantitative estimate of drug-likeness (QED) is 0.395. The Kier molecular flexibility index (Phi) is 6.67. The first kappa shape index (κ1) is 21.5. The SMILES string of the molecule is Cc1sc2nc(CN3CCCC3)n(CC(=O)OCCOc3ccccc3)c(=O)c2c1C. The van der Waals surface area contributed by atoms with Crippen molar-refractivity contribution < 1.29 is 14.3 Å². The summed E-state index contributed by atoms with van der Waals surface area (Å²) in [5, 5.41) is 0.605. The number of carbonyl (C=O) groups excluding carboxylic acids is 1. The van der Waals surface area contributed by atoms with Crippen LogP contribution in [0.15, 0.2) is 35.1 Å². The third-order valence-electron chi connectivity index (χ3n) is 5.58. The zero-order valence-corrected chi connectivity index (χ0v) is 18.7. The largest absolute Gasteiger partial charge is 0.490 e. The van der Waals surface area contributed by atoms with Crippen molar-refractivity contribution in [3.05, 3.63) is 57.0 Å². The van der Waals surface area contributed by atoms with E-state index in [1.165, 1.54) is 15.9 Å². The van der Waals surface area contributed by atoms with Gasteiger partial charge in [0.15, 0.2) is 0 Å². The third kappa shape index (κ3) is 4.97. The molecule has 0 bridgehead atoms. The maximum atomic E-state index is 13.3. The van der Waals surface area contributed by atoms with E-state index in [4.69, 9.17) is 14.5 Å². The molecule has 0 N–H and O–H groups in total. The maximum Gasteiger partial charge on any atom is 0.326 e. The Bertz CT molecular complexity index is 1120. The van der Waals surface area contributed by atoms with E-state index in [0.717, 1.165) is 47.0 Å². The molecule has 0 atom stereocenters. The van der Waals surface area contributed by atoms with E-state index in [9.17, 15) is 9.59 Å². The highest BCUT2D eigenvalue weighted by atomic mass is 32.1. The highest BCUT2D eigenvalue weighted by Crippen LogP contribution is 2.26. The van der Waals surface area contributed by atoms with Crippen LogP contribution in [0.1, 0.15) is 29.1 Å². The number of thiophene rings is 1. The second-order valence-electron chi connectivity index (χ2n) is 7.75. The Hall–Kier alpha value is -2.71. The van der Waals surface area contributed by atoms with Crippen LogP contribution in [0.5, 0.6) is 5.75 Å². The molecule has 1 aromatic carbocycles. The Morgan fingerprint density at radius 2 is 1.87 bits per heavy atom. The number of esters is 1. The van der Waals surface area contributed by atoms with Gasteiger partial charge in [0.05, 0.1) is 11.9 Å². The van der Waals surface area contributed by atoms with E-state index in [-0.39, 0.29) is 25.3 Å². The van der Waals surface area contributed by atoms with Crippen LogP contribution in [0.25, 0.3) is 10.2 Å². The summed E-state index contributed by atoms with van der Waals surface area (Å²) in [6.45, 7) is 6.68. The molecule has 3 aromatic rings. The highest BCUT2D eigenvalue weighted by molar-refractivity contribution is 7.18. The van der Waals surface area contributed by atoms with Gasteiger partial charge in [-0.1, -0.05) is 18.2 Å². The number of hydrogen-bond donors (Lipinski definition) is 0. The molecular formula is C23H27N3O4S. The summed E-state index contributed by atoms with van der Waals surface area (Å²) in [5.41, 5.74) is 0.766. The second-order valence-corrected chi connectivity index (χ2v) is 8.95. The molecule has 1 aliphatic heterocycles. The van der Waals surface area contributed by atoms with Gasteiger partial charge in [0.25, 0.3) is 5.56 Å². The van der Waals surface area contributed by atoms with Gasteiger partial charge in [0.2, 0.25) is 0 Å². The van der Waals surface area contributed by atoms with Crippen molar-refractivity contribution in [1.29, 1.82) is 0 Å². The molecule has 7 nitrogen and oxygen atoms in total. The summed E-state index contributed by atoms with van der Waals surface area (Å²) in [5.74, 6) is 0.881. The van der Waals surface area contributed by atoms with Crippen LogP contribution < -0.4 is 10.3 Å². The number of aryl methyl sites for hydroxylation is 2. The minimum absolute atomic E-state index is 0.121. The molecular weight excluding hydrogens is 414 g/mol. The van der Waals surface area contributed by atoms with Crippen LogP contribution in [-0.2, 0) is 22.6 Å².